The number of halogens is 1. The van der Waals surface area contributed by atoms with E-state index in [-0.39, 0.29) is 0 Å². The van der Waals surface area contributed by atoms with Crippen molar-refractivity contribution in [2.24, 2.45) is 7.05 Å². The lowest BCUT2D eigenvalue weighted by atomic mass is 10.3. The first-order valence-corrected chi connectivity index (χ1v) is 6.46. The number of aromatic nitrogens is 4. The van der Waals surface area contributed by atoms with Crippen molar-refractivity contribution in [3.05, 3.63) is 21.7 Å². The molecule has 1 N–H and O–H groups in total. The van der Waals surface area contributed by atoms with Gasteiger partial charge in [-0.25, -0.2) is 15.0 Å². The lowest BCUT2D eigenvalue weighted by Gasteiger charge is -2.10. The Balaban J connectivity index is 2.55. The van der Waals surface area contributed by atoms with Crippen LogP contribution in [0.3, 0.4) is 0 Å². The number of hydrogen-bond donors (Lipinski definition) is 1. The topological polar surface area (TPSA) is 64.9 Å². The summed E-state index contributed by atoms with van der Waals surface area (Å²) < 4.78 is 8.02. The Morgan fingerprint density at radius 1 is 1.44 bits per heavy atom. The van der Waals surface area contributed by atoms with E-state index in [0.29, 0.717) is 12.4 Å². The molecule has 2 rings (SSSR count). The second kappa shape index (κ2) is 5.61. The van der Waals surface area contributed by atoms with Crippen LogP contribution in [-0.4, -0.2) is 33.7 Å². The quantitative estimate of drug-likeness (QED) is 0.842. The third kappa shape index (κ3) is 2.46. The number of nitrogens with zero attached hydrogens (tertiary/aromatic N) is 4. The SMILES string of the molecule is CNc1nc(-c2nccn2C)nc(COC)c1I. The summed E-state index contributed by atoms with van der Waals surface area (Å²) in [7, 11) is 5.40. The van der Waals surface area contributed by atoms with Gasteiger partial charge in [0.2, 0.25) is 0 Å². The van der Waals surface area contributed by atoms with Gasteiger partial charge in [-0.1, -0.05) is 0 Å². The van der Waals surface area contributed by atoms with Crippen LogP contribution in [0.1, 0.15) is 5.69 Å². The summed E-state index contributed by atoms with van der Waals surface area (Å²) in [5, 5.41) is 3.06. The Bertz CT molecular complexity index is 554. The molecule has 2 heterocycles. The average molecular weight is 359 g/mol. The van der Waals surface area contributed by atoms with Crippen LogP contribution >= 0.6 is 22.6 Å². The minimum Gasteiger partial charge on any atom is -0.378 e. The van der Waals surface area contributed by atoms with Crippen LogP contribution in [0.4, 0.5) is 5.82 Å². The summed E-state index contributed by atoms with van der Waals surface area (Å²) in [6.07, 6.45) is 3.59. The molecule has 0 atom stereocenters. The lowest BCUT2D eigenvalue weighted by Crippen LogP contribution is -2.08. The van der Waals surface area contributed by atoms with Crippen molar-refractivity contribution in [1.29, 1.82) is 0 Å². The average Bonchev–Trinajstić information content (AvgIpc) is 2.78. The number of anilines is 1. The summed E-state index contributed by atoms with van der Waals surface area (Å²) in [5.41, 5.74) is 0.857. The predicted octanol–water partition coefficient (Wildman–Crippen LogP) is 1.67. The number of aryl methyl sites for hydroxylation is 1. The predicted molar refractivity (Wildman–Crippen MR) is 77.2 cm³/mol. The Hall–Kier alpha value is -1.22. The number of methoxy groups -OCH3 is 1. The fourth-order valence-electron chi connectivity index (χ4n) is 1.57. The summed E-state index contributed by atoms with van der Waals surface area (Å²) in [5.74, 6) is 2.12. The first-order valence-electron chi connectivity index (χ1n) is 5.38. The molecule has 0 aliphatic carbocycles. The standard InChI is InChI=1S/C11H14IN5O/c1-13-9-8(12)7(6-18-3)15-10(16-9)11-14-4-5-17(11)2/h4-5H,6H2,1-3H3,(H,13,15,16). The Morgan fingerprint density at radius 2 is 2.22 bits per heavy atom. The van der Waals surface area contributed by atoms with Crippen LogP contribution in [0.15, 0.2) is 12.4 Å². The molecule has 6 nitrogen and oxygen atoms in total. The molecule has 0 aliphatic rings. The van der Waals surface area contributed by atoms with E-state index in [1.165, 1.54) is 0 Å². The number of nitrogens with one attached hydrogen (secondary N) is 1. The third-order valence-corrected chi connectivity index (χ3v) is 3.59. The zero-order valence-electron chi connectivity index (χ0n) is 10.4. The first-order chi connectivity index (χ1) is 8.67. The molecule has 0 saturated heterocycles. The Labute approximate surface area is 119 Å². The second-order valence-corrected chi connectivity index (χ2v) is 4.78. The summed E-state index contributed by atoms with van der Waals surface area (Å²) >= 11 is 2.21. The minimum absolute atomic E-state index is 0.451. The van der Waals surface area contributed by atoms with Gasteiger partial charge < -0.3 is 14.6 Å². The van der Waals surface area contributed by atoms with Gasteiger partial charge >= 0.3 is 0 Å². The van der Waals surface area contributed by atoms with E-state index in [0.717, 1.165) is 20.9 Å². The maximum atomic E-state index is 5.16. The van der Waals surface area contributed by atoms with Crippen molar-refractivity contribution in [2.75, 3.05) is 19.5 Å². The van der Waals surface area contributed by atoms with Crippen LogP contribution in [0.2, 0.25) is 0 Å². The number of rotatable bonds is 4. The van der Waals surface area contributed by atoms with Gasteiger partial charge in [-0.05, 0) is 22.6 Å². The molecule has 7 heteroatoms. The van der Waals surface area contributed by atoms with Crippen LogP contribution in [0, 0.1) is 3.57 Å². The van der Waals surface area contributed by atoms with Crippen LogP contribution in [0.5, 0.6) is 0 Å². The Morgan fingerprint density at radius 3 is 2.78 bits per heavy atom. The van der Waals surface area contributed by atoms with Crippen molar-refractivity contribution >= 4 is 28.4 Å². The van der Waals surface area contributed by atoms with Crippen molar-refractivity contribution < 1.29 is 4.74 Å². The van der Waals surface area contributed by atoms with Gasteiger partial charge in [0.25, 0.3) is 0 Å². The molecule has 0 fully saturated rings. The summed E-state index contributed by atoms with van der Waals surface area (Å²) in [4.78, 5) is 13.2. The highest BCUT2D eigenvalue weighted by Crippen LogP contribution is 2.23. The molecule has 2 aromatic rings. The molecule has 0 bridgehead atoms. The molecule has 0 radical (unpaired) electrons. The molecule has 0 spiro atoms. The Kier molecular flexibility index (Phi) is 4.12. The van der Waals surface area contributed by atoms with Gasteiger partial charge in [0, 0.05) is 33.6 Å². The fourth-order valence-corrected chi connectivity index (χ4v) is 2.24. The summed E-state index contributed by atoms with van der Waals surface area (Å²) in [6, 6.07) is 0. The molecule has 0 aromatic carbocycles. The van der Waals surface area contributed by atoms with E-state index in [2.05, 4.69) is 42.9 Å². The molecule has 2 aromatic heterocycles. The zero-order valence-corrected chi connectivity index (χ0v) is 12.6. The van der Waals surface area contributed by atoms with Gasteiger partial charge in [-0.15, -0.1) is 0 Å². The van der Waals surface area contributed by atoms with Gasteiger partial charge in [0.05, 0.1) is 15.9 Å². The van der Waals surface area contributed by atoms with E-state index in [9.17, 15) is 0 Å². The summed E-state index contributed by atoms with van der Waals surface area (Å²) in [6.45, 7) is 0.451. The van der Waals surface area contributed by atoms with E-state index < -0.39 is 0 Å². The van der Waals surface area contributed by atoms with Crippen molar-refractivity contribution in [3.63, 3.8) is 0 Å². The van der Waals surface area contributed by atoms with Crippen molar-refractivity contribution in [3.8, 4) is 11.6 Å². The van der Waals surface area contributed by atoms with Crippen molar-refractivity contribution in [2.45, 2.75) is 6.61 Å². The molecular weight excluding hydrogens is 345 g/mol. The monoisotopic (exact) mass is 359 g/mol. The highest BCUT2D eigenvalue weighted by molar-refractivity contribution is 14.1. The minimum atomic E-state index is 0.451. The maximum Gasteiger partial charge on any atom is 0.198 e. The van der Waals surface area contributed by atoms with Gasteiger partial charge in [0.15, 0.2) is 11.6 Å². The highest BCUT2D eigenvalue weighted by atomic mass is 127. The van der Waals surface area contributed by atoms with Crippen LogP contribution in [-0.2, 0) is 18.4 Å². The third-order valence-electron chi connectivity index (χ3n) is 2.46. The molecular formula is C11H14IN5O. The number of ether oxygens (including phenoxy) is 1. The lowest BCUT2D eigenvalue weighted by molar-refractivity contribution is 0.181. The van der Waals surface area contributed by atoms with Crippen LogP contribution in [0.25, 0.3) is 11.6 Å². The molecule has 0 saturated carbocycles. The molecule has 96 valence electrons. The molecule has 0 unspecified atom stereocenters. The van der Waals surface area contributed by atoms with E-state index in [4.69, 9.17) is 4.74 Å². The van der Waals surface area contributed by atoms with E-state index >= 15 is 0 Å². The zero-order chi connectivity index (χ0) is 13.1. The van der Waals surface area contributed by atoms with E-state index in [1.807, 2.05) is 24.9 Å². The molecule has 0 aliphatic heterocycles. The second-order valence-electron chi connectivity index (χ2n) is 3.70. The normalized spacial score (nSPS) is 10.7. The smallest absolute Gasteiger partial charge is 0.198 e. The highest BCUT2D eigenvalue weighted by Gasteiger charge is 2.14. The first kappa shape index (κ1) is 13.2. The molecule has 18 heavy (non-hydrogen) atoms. The molecule has 0 amide bonds. The van der Waals surface area contributed by atoms with Gasteiger partial charge in [0.1, 0.15) is 5.82 Å². The maximum absolute atomic E-state index is 5.16. The van der Waals surface area contributed by atoms with Crippen molar-refractivity contribution in [1.82, 2.24) is 19.5 Å². The number of imidazole rings is 1. The van der Waals surface area contributed by atoms with Crippen LogP contribution < -0.4 is 5.32 Å². The van der Waals surface area contributed by atoms with E-state index in [1.54, 1.807) is 13.3 Å². The van der Waals surface area contributed by atoms with Gasteiger partial charge in [-0.2, -0.15) is 0 Å². The van der Waals surface area contributed by atoms with Gasteiger partial charge in [-0.3, -0.25) is 0 Å². The largest absolute Gasteiger partial charge is 0.378 e. The number of hydrogen-bond acceptors (Lipinski definition) is 5. The fraction of sp³-hybridized carbons (Fsp3) is 0.364.